The zero-order chi connectivity index (χ0) is 14.7. The highest BCUT2D eigenvalue weighted by atomic mass is 32.1. The lowest BCUT2D eigenvalue weighted by Gasteiger charge is -2.20. The summed E-state index contributed by atoms with van der Waals surface area (Å²) >= 11 is 1.87. The van der Waals surface area contributed by atoms with Gasteiger partial charge in [0.15, 0.2) is 0 Å². The van der Waals surface area contributed by atoms with Crippen molar-refractivity contribution in [2.24, 2.45) is 0 Å². The predicted octanol–water partition coefficient (Wildman–Crippen LogP) is 4.98. The summed E-state index contributed by atoms with van der Waals surface area (Å²) in [6.07, 6.45) is 1.15. The molecule has 0 radical (unpaired) electrons. The molecule has 0 aliphatic heterocycles. The lowest BCUT2D eigenvalue weighted by Crippen LogP contribution is -2.16. The second kappa shape index (κ2) is 6.42. The van der Waals surface area contributed by atoms with Crippen LogP contribution in [0.4, 0.5) is 0 Å². The van der Waals surface area contributed by atoms with Gasteiger partial charge in [-0.05, 0) is 54.8 Å². The van der Waals surface area contributed by atoms with Crippen LogP contribution in [0.15, 0.2) is 60.0 Å². The Morgan fingerprint density at radius 1 is 0.952 bits per heavy atom. The summed E-state index contributed by atoms with van der Waals surface area (Å²) in [5, 5.41) is 4.90. The molecule has 1 aromatic heterocycles. The smallest absolute Gasteiger partial charge is 0.0202 e. The highest BCUT2D eigenvalue weighted by molar-refractivity contribution is 7.10. The molecule has 0 aliphatic rings. The molecular formula is C19H21NS. The van der Waals surface area contributed by atoms with Crippen molar-refractivity contribution in [2.75, 3.05) is 20.6 Å². The van der Waals surface area contributed by atoms with E-state index >= 15 is 0 Å². The second-order valence-corrected chi connectivity index (χ2v) is 6.71. The normalized spacial score (nSPS) is 12.9. The van der Waals surface area contributed by atoms with Crippen LogP contribution in [0.3, 0.4) is 0 Å². The van der Waals surface area contributed by atoms with Crippen molar-refractivity contribution >= 4 is 22.1 Å². The Labute approximate surface area is 130 Å². The predicted molar refractivity (Wildman–Crippen MR) is 93.3 cm³/mol. The first-order valence-corrected chi connectivity index (χ1v) is 8.29. The van der Waals surface area contributed by atoms with Gasteiger partial charge in [0.05, 0.1) is 0 Å². The summed E-state index contributed by atoms with van der Waals surface area (Å²) in [5.41, 5.74) is 1.46. The number of hydrogen-bond donors (Lipinski definition) is 0. The van der Waals surface area contributed by atoms with Crippen LogP contribution in [0, 0.1) is 0 Å². The van der Waals surface area contributed by atoms with Crippen LogP contribution < -0.4 is 0 Å². The van der Waals surface area contributed by atoms with Gasteiger partial charge in [-0.15, -0.1) is 11.3 Å². The van der Waals surface area contributed by atoms with E-state index in [9.17, 15) is 0 Å². The molecule has 21 heavy (non-hydrogen) atoms. The third kappa shape index (κ3) is 3.17. The van der Waals surface area contributed by atoms with Crippen LogP contribution in [0.5, 0.6) is 0 Å². The van der Waals surface area contributed by atoms with Gasteiger partial charge in [0, 0.05) is 10.8 Å². The highest BCUT2D eigenvalue weighted by Gasteiger charge is 2.17. The Balaban J connectivity index is 2.06. The van der Waals surface area contributed by atoms with E-state index in [0.717, 1.165) is 13.0 Å². The molecule has 1 atom stereocenters. The molecule has 3 rings (SSSR count). The van der Waals surface area contributed by atoms with E-state index in [2.05, 4.69) is 79.0 Å². The van der Waals surface area contributed by atoms with Crippen LogP contribution >= 0.6 is 11.3 Å². The van der Waals surface area contributed by atoms with Gasteiger partial charge >= 0.3 is 0 Å². The molecule has 3 aromatic rings. The largest absolute Gasteiger partial charge is 0.309 e. The lowest BCUT2D eigenvalue weighted by molar-refractivity contribution is 0.391. The van der Waals surface area contributed by atoms with Crippen molar-refractivity contribution < 1.29 is 0 Å². The van der Waals surface area contributed by atoms with E-state index in [1.54, 1.807) is 0 Å². The van der Waals surface area contributed by atoms with E-state index in [4.69, 9.17) is 0 Å². The summed E-state index contributed by atoms with van der Waals surface area (Å²) in [5.74, 6) is 0.485. The third-order valence-electron chi connectivity index (χ3n) is 3.95. The monoisotopic (exact) mass is 295 g/mol. The number of rotatable bonds is 5. The van der Waals surface area contributed by atoms with Crippen molar-refractivity contribution in [3.05, 3.63) is 70.4 Å². The molecule has 1 unspecified atom stereocenters. The molecular weight excluding hydrogens is 274 g/mol. The van der Waals surface area contributed by atoms with Gasteiger partial charge in [-0.3, -0.25) is 0 Å². The minimum atomic E-state index is 0.485. The first kappa shape index (κ1) is 14.3. The number of benzene rings is 2. The van der Waals surface area contributed by atoms with Gasteiger partial charge in [-0.1, -0.05) is 48.5 Å². The molecule has 2 aromatic carbocycles. The van der Waals surface area contributed by atoms with E-state index < -0.39 is 0 Å². The Morgan fingerprint density at radius 3 is 2.52 bits per heavy atom. The van der Waals surface area contributed by atoms with Gasteiger partial charge in [-0.25, -0.2) is 0 Å². The topological polar surface area (TPSA) is 3.24 Å². The first-order chi connectivity index (χ1) is 10.3. The molecule has 0 N–H and O–H groups in total. The van der Waals surface area contributed by atoms with Gasteiger partial charge < -0.3 is 4.90 Å². The van der Waals surface area contributed by atoms with Crippen LogP contribution in [-0.4, -0.2) is 25.5 Å². The standard InChI is InChI=1S/C19H21NS/c1-20(2)13-12-18(19-11-6-14-21-19)17-10-5-8-15-7-3-4-9-16(15)17/h3-11,14,18H,12-13H2,1-2H3. The van der Waals surface area contributed by atoms with Crippen molar-refractivity contribution in [1.82, 2.24) is 4.90 Å². The first-order valence-electron chi connectivity index (χ1n) is 7.41. The third-order valence-corrected chi connectivity index (χ3v) is 4.94. The summed E-state index contributed by atoms with van der Waals surface area (Å²) in [6, 6.07) is 19.8. The fourth-order valence-corrected chi connectivity index (χ4v) is 3.76. The second-order valence-electron chi connectivity index (χ2n) is 5.73. The van der Waals surface area contributed by atoms with E-state index in [-0.39, 0.29) is 0 Å². The molecule has 0 saturated heterocycles. The molecule has 0 fully saturated rings. The zero-order valence-electron chi connectivity index (χ0n) is 12.6. The summed E-state index contributed by atoms with van der Waals surface area (Å²) in [6.45, 7) is 1.10. The van der Waals surface area contributed by atoms with Crippen LogP contribution in [0.1, 0.15) is 22.8 Å². The molecule has 0 saturated carbocycles. The van der Waals surface area contributed by atoms with Crippen molar-refractivity contribution in [2.45, 2.75) is 12.3 Å². The van der Waals surface area contributed by atoms with Gasteiger partial charge in [0.2, 0.25) is 0 Å². The van der Waals surface area contributed by atoms with E-state index in [1.807, 2.05) is 11.3 Å². The SMILES string of the molecule is CN(C)CCC(c1cccs1)c1cccc2ccccc12. The maximum Gasteiger partial charge on any atom is 0.0202 e. The maximum absolute atomic E-state index is 2.29. The fraction of sp³-hybridized carbons (Fsp3) is 0.263. The molecule has 0 amide bonds. The number of hydrogen-bond acceptors (Lipinski definition) is 2. The Bertz CT molecular complexity index is 695. The summed E-state index contributed by atoms with van der Waals surface area (Å²) in [4.78, 5) is 3.74. The maximum atomic E-state index is 2.29. The minimum absolute atomic E-state index is 0.485. The molecule has 0 bridgehead atoms. The van der Waals surface area contributed by atoms with E-state index in [1.165, 1.54) is 21.2 Å². The van der Waals surface area contributed by atoms with Crippen LogP contribution in [0.2, 0.25) is 0 Å². The molecule has 108 valence electrons. The lowest BCUT2D eigenvalue weighted by atomic mass is 9.89. The molecule has 0 aliphatic carbocycles. The Hall–Kier alpha value is -1.64. The molecule has 2 heteroatoms. The number of thiophene rings is 1. The summed E-state index contributed by atoms with van der Waals surface area (Å²) < 4.78 is 0. The summed E-state index contributed by atoms with van der Waals surface area (Å²) in [7, 11) is 4.29. The molecule has 1 heterocycles. The number of nitrogens with zero attached hydrogens (tertiary/aromatic N) is 1. The van der Waals surface area contributed by atoms with Crippen molar-refractivity contribution in [3.63, 3.8) is 0 Å². The molecule has 1 nitrogen and oxygen atoms in total. The average Bonchev–Trinajstić information content (AvgIpc) is 3.01. The van der Waals surface area contributed by atoms with Gasteiger partial charge in [-0.2, -0.15) is 0 Å². The number of fused-ring (bicyclic) bond motifs is 1. The quantitative estimate of drug-likeness (QED) is 0.641. The molecule has 0 spiro atoms. The van der Waals surface area contributed by atoms with Gasteiger partial charge in [0.1, 0.15) is 0 Å². The van der Waals surface area contributed by atoms with Crippen LogP contribution in [-0.2, 0) is 0 Å². The fourth-order valence-electron chi connectivity index (χ4n) is 2.88. The van der Waals surface area contributed by atoms with Crippen molar-refractivity contribution in [3.8, 4) is 0 Å². The average molecular weight is 295 g/mol. The van der Waals surface area contributed by atoms with Gasteiger partial charge in [0.25, 0.3) is 0 Å². The minimum Gasteiger partial charge on any atom is -0.309 e. The highest BCUT2D eigenvalue weighted by Crippen LogP contribution is 2.35. The van der Waals surface area contributed by atoms with Crippen molar-refractivity contribution in [1.29, 1.82) is 0 Å². The van der Waals surface area contributed by atoms with E-state index in [0.29, 0.717) is 5.92 Å². The van der Waals surface area contributed by atoms with Crippen LogP contribution in [0.25, 0.3) is 10.8 Å². The zero-order valence-corrected chi connectivity index (χ0v) is 13.4. The Kier molecular flexibility index (Phi) is 4.37. The Morgan fingerprint density at radius 2 is 1.76 bits per heavy atom.